The molecule has 12 N–H and O–H groups in total. The van der Waals surface area contributed by atoms with Crippen molar-refractivity contribution in [3.05, 3.63) is 29.2 Å². The summed E-state index contributed by atoms with van der Waals surface area (Å²) in [6, 6.07) is 7.70. The zero-order valence-electron chi connectivity index (χ0n) is 15.6. The maximum absolute atomic E-state index is 8.53. The predicted octanol–water partition coefficient (Wildman–Crippen LogP) is -14.4. The molecule has 1 aromatic heterocycles. The molecule has 24 heteroatoms. The van der Waals surface area contributed by atoms with Gasteiger partial charge < -0.3 is 65.5 Å². The number of benzene rings is 1. The van der Waals surface area contributed by atoms with E-state index in [1.165, 1.54) is 5.34 Å². The standard InChI is InChI=1S/C6H5N3.3BH3O3.BHO3.HNO2.2Na/c1-2-4-6-5(3-1)7-9-8-6;4*2-1(3)4;2-1-3;;/h1-4H,(H,7,8,9);3*2-4H;2H;(H,2,3);;/q;;;;-2;;2*+1. The quantitative estimate of drug-likeness (QED) is 0.0991. The maximum atomic E-state index is 8.53. The first kappa shape index (κ1) is 43.6. The van der Waals surface area contributed by atoms with Gasteiger partial charge in [-0.2, -0.15) is 15.4 Å². The summed E-state index contributed by atoms with van der Waals surface area (Å²) in [5.41, 5.74) is 1.83. The second kappa shape index (κ2) is 33.4. The van der Waals surface area contributed by atoms with Crippen molar-refractivity contribution in [2.75, 3.05) is 0 Å². The molecule has 2 rings (SSSR count). The van der Waals surface area contributed by atoms with Gasteiger partial charge in [-0.15, -0.1) is 4.91 Å². The molecule has 0 saturated heterocycles. The molecule has 0 unspecified atom stereocenters. The molecule has 18 nitrogen and oxygen atoms in total. The van der Waals surface area contributed by atoms with Gasteiger partial charge in [0.1, 0.15) is 11.0 Å². The van der Waals surface area contributed by atoms with Gasteiger partial charge in [-0.25, -0.2) is 0 Å². The number of rotatable bonds is 0. The molecule has 1 heterocycles. The molecule has 30 heavy (non-hydrogen) atoms. The molecule has 0 saturated carbocycles. The number of aromatic amines is 1. The summed E-state index contributed by atoms with van der Waals surface area (Å²) in [6.45, 7) is 0. The van der Waals surface area contributed by atoms with Crippen LogP contribution in [0.3, 0.4) is 0 Å². The third-order valence-electron chi connectivity index (χ3n) is 1.22. The van der Waals surface area contributed by atoms with E-state index >= 15 is 0 Å². The SMILES string of the molecule is O=NO.OB(O)O.OB(O)O.OB(O)O.[Na+].[Na+].[O-]B([O-])O.c1ccc2n[nH]nc2c1. The van der Waals surface area contributed by atoms with Crippen molar-refractivity contribution >= 4 is 40.3 Å². The third kappa shape index (κ3) is 70.7. The molecule has 0 fully saturated rings. The molecule has 1 aromatic carbocycles. The summed E-state index contributed by atoms with van der Waals surface area (Å²) in [5, 5.41) is 107. The summed E-state index contributed by atoms with van der Waals surface area (Å²) in [4.78, 5) is 8.11. The number of hydrogen-bond acceptors (Lipinski definition) is 16. The monoisotopic (exact) mass is 458 g/mol. The van der Waals surface area contributed by atoms with E-state index < -0.39 is 29.3 Å². The number of fused-ring (bicyclic) bond motifs is 1. The summed E-state index contributed by atoms with van der Waals surface area (Å²) >= 11 is 0. The molecule has 0 amide bonds. The smallest absolute Gasteiger partial charge is 0.871 e. The number of aromatic nitrogens is 3. The number of nitrogens with zero attached hydrogens (tertiary/aromatic N) is 3. The van der Waals surface area contributed by atoms with Crippen LogP contribution in [0.5, 0.6) is 0 Å². The van der Waals surface area contributed by atoms with Gasteiger partial charge in [0.2, 0.25) is 0 Å². The minimum atomic E-state index is -2.67. The van der Waals surface area contributed by atoms with Gasteiger partial charge in [-0.1, -0.05) is 12.1 Å². The van der Waals surface area contributed by atoms with Crippen LogP contribution in [-0.4, -0.2) is 100 Å². The Kier molecular flexibility index (Phi) is 48.6. The van der Waals surface area contributed by atoms with Crippen LogP contribution in [-0.2, 0) is 0 Å². The normalized spacial score (nSPS) is 7.07. The fraction of sp³-hybridized carbons (Fsp3) is 0. The van der Waals surface area contributed by atoms with E-state index in [0.717, 1.165) is 11.0 Å². The first-order valence-electron chi connectivity index (χ1n) is 6.16. The molecule has 2 aromatic rings. The molecule has 0 radical (unpaired) electrons. The average Bonchev–Trinajstić information content (AvgIpc) is 2.94. The van der Waals surface area contributed by atoms with Crippen LogP contribution < -0.4 is 69.2 Å². The van der Waals surface area contributed by atoms with Crippen molar-refractivity contribution in [2.45, 2.75) is 0 Å². The minimum absolute atomic E-state index is 0. The Morgan fingerprint density at radius 3 is 1.07 bits per heavy atom. The summed E-state index contributed by atoms with van der Waals surface area (Å²) in [7, 11) is -9.17. The predicted molar refractivity (Wildman–Crippen MR) is 86.7 cm³/mol. The first-order valence-corrected chi connectivity index (χ1v) is 6.16. The number of hydrogen-bond donors (Lipinski definition) is 12. The van der Waals surface area contributed by atoms with Gasteiger partial charge in [-0.3, -0.25) is 0 Å². The minimum Gasteiger partial charge on any atom is -0.871 e. The van der Waals surface area contributed by atoms with Crippen molar-refractivity contribution in [3.63, 3.8) is 0 Å². The van der Waals surface area contributed by atoms with Crippen LogP contribution >= 0.6 is 0 Å². The van der Waals surface area contributed by atoms with Crippen LogP contribution in [0.15, 0.2) is 29.6 Å². The van der Waals surface area contributed by atoms with Crippen LogP contribution in [0.25, 0.3) is 11.0 Å². The zero-order chi connectivity index (χ0) is 23.1. The fourth-order valence-electron chi connectivity index (χ4n) is 0.786. The van der Waals surface area contributed by atoms with Gasteiger partial charge in [-0.05, 0) is 12.1 Å². The van der Waals surface area contributed by atoms with E-state index in [4.69, 9.17) is 70.4 Å². The average molecular weight is 457 g/mol. The van der Waals surface area contributed by atoms with Crippen molar-refractivity contribution < 1.29 is 125 Å². The van der Waals surface area contributed by atoms with E-state index in [1.807, 2.05) is 24.3 Å². The van der Waals surface area contributed by atoms with E-state index in [9.17, 15) is 0 Å². The number of nitrogens with one attached hydrogen (secondary N) is 1. The molecule has 158 valence electrons. The molecule has 0 atom stereocenters. The maximum Gasteiger partial charge on any atom is 1.00 e. The summed E-state index contributed by atoms with van der Waals surface area (Å²) in [5.74, 6) is 0. The van der Waals surface area contributed by atoms with Crippen LogP contribution in [0.1, 0.15) is 0 Å². The van der Waals surface area contributed by atoms with Crippen molar-refractivity contribution in [2.24, 2.45) is 5.34 Å². The van der Waals surface area contributed by atoms with E-state index in [2.05, 4.69) is 15.4 Å². The molecule has 0 aliphatic rings. The molecule has 0 aliphatic heterocycles. The molecule has 0 spiro atoms. The first-order chi connectivity index (χ1) is 12.8. The number of para-hydroxylation sites is 2. The van der Waals surface area contributed by atoms with E-state index in [0.29, 0.717) is 0 Å². The second-order valence-corrected chi connectivity index (χ2v) is 3.24. The molecule has 0 aliphatic carbocycles. The van der Waals surface area contributed by atoms with Gasteiger partial charge in [0, 0.05) is 0 Å². The van der Waals surface area contributed by atoms with E-state index in [-0.39, 0.29) is 59.1 Å². The topological polar surface area (TPSA) is 340 Å². The molecular weight excluding hydrogens is 441 g/mol. The van der Waals surface area contributed by atoms with Crippen LogP contribution in [0, 0.1) is 4.91 Å². The van der Waals surface area contributed by atoms with Crippen molar-refractivity contribution in [1.82, 2.24) is 15.4 Å². The Balaban J connectivity index is -0.0000000607. The van der Waals surface area contributed by atoms with Crippen LogP contribution in [0.2, 0.25) is 0 Å². The zero-order valence-corrected chi connectivity index (χ0v) is 19.6. The van der Waals surface area contributed by atoms with Crippen LogP contribution in [0.4, 0.5) is 0 Å². The van der Waals surface area contributed by atoms with Gasteiger partial charge in [0.25, 0.3) is 0 Å². The Morgan fingerprint density at radius 1 is 0.733 bits per heavy atom. The Labute approximate surface area is 213 Å². The van der Waals surface area contributed by atoms with Gasteiger partial charge in [0.05, 0.1) is 7.32 Å². The second-order valence-electron chi connectivity index (χ2n) is 3.24. The van der Waals surface area contributed by atoms with Gasteiger partial charge >= 0.3 is 81.1 Å². The van der Waals surface area contributed by atoms with Crippen molar-refractivity contribution in [1.29, 1.82) is 0 Å². The summed E-state index contributed by atoms with van der Waals surface area (Å²) < 4.78 is 0. The Bertz CT molecular complexity index is 493. The van der Waals surface area contributed by atoms with Gasteiger partial charge in [0.15, 0.2) is 5.34 Å². The Morgan fingerprint density at radius 2 is 0.900 bits per heavy atom. The molecular formula is C6H16B4N4Na2O14. The largest absolute Gasteiger partial charge is 1.00 e. The Hall–Kier alpha value is -0.200. The fourth-order valence-corrected chi connectivity index (χ4v) is 0.786. The third-order valence-corrected chi connectivity index (χ3v) is 1.22. The van der Waals surface area contributed by atoms with E-state index in [1.54, 1.807) is 0 Å². The molecule has 0 bridgehead atoms. The number of H-pyrrole nitrogens is 1. The summed E-state index contributed by atoms with van der Waals surface area (Å²) in [6.07, 6.45) is 0. The van der Waals surface area contributed by atoms with Crippen molar-refractivity contribution in [3.8, 4) is 0 Å².